The molecule has 5 nitrogen and oxygen atoms in total. The van der Waals surface area contributed by atoms with Crippen LogP contribution in [0.4, 0.5) is 11.5 Å². The van der Waals surface area contributed by atoms with Crippen LogP contribution in [0.15, 0.2) is 48.8 Å². The molecule has 0 amide bonds. The van der Waals surface area contributed by atoms with Crippen LogP contribution < -0.4 is 5.32 Å². The molecule has 1 saturated carbocycles. The van der Waals surface area contributed by atoms with Crippen molar-refractivity contribution in [2.24, 2.45) is 0 Å². The summed E-state index contributed by atoms with van der Waals surface area (Å²) in [7, 11) is 0. The maximum atomic E-state index is 9.97. The van der Waals surface area contributed by atoms with Crippen LogP contribution in [0, 0.1) is 0 Å². The van der Waals surface area contributed by atoms with E-state index in [0.29, 0.717) is 17.6 Å². The van der Waals surface area contributed by atoms with Crippen molar-refractivity contribution in [2.45, 2.75) is 18.8 Å². The normalized spacial score (nSPS) is 14.0. The second kappa shape index (κ2) is 5.18. The molecule has 0 radical (unpaired) electrons. The minimum atomic E-state index is 0.0360. The van der Waals surface area contributed by atoms with E-state index in [1.54, 1.807) is 0 Å². The Morgan fingerprint density at radius 3 is 2.77 bits per heavy atom. The van der Waals surface area contributed by atoms with E-state index in [1.807, 2.05) is 36.5 Å². The van der Waals surface area contributed by atoms with Crippen LogP contribution in [0.1, 0.15) is 24.5 Å². The van der Waals surface area contributed by atoms with Gasteiger partial charge in [-0.25, -0.2) is 9.97 Å². The number of anilines is 2. The molecule has 1 fully saturated rings. The predicted molar refractivity (Wildman–Crippen MR) is 85.2 cm³/mol. The van der Waals surface area contributed by atoms with E-state index in [2.05, 4.69) is 26.3 Å². The Morgan fingerprint density at radius 1 is 1.18 bits per heavy atom. The molecule has 0 spiro atoms. The van der Waals surface area contributed by atoms with Crippen LogP contribution in [0.5, 0.6) is 5.75 Å². The van der Waals surface area contributed by atoms with E-state index in [9.17, 15) is 5.11 Å². The molecule has 3 aromatic rings. The maximum Gasteiger partial charge on any atom is 0.177 e. The Balaban J connectivity index is 1.62. The molecule has 3 N–H and O–H groups in total. The summed E-state index contributed by atoms with van der Waals surface area (Å²) in [5, 5.41) is 13.1. The number of hydrogen-bond donors (Lipinski definition) is 3. The van der Waals surface area contributed by atoms with E-state index in [1.165, 1.54) is 24.7 Å². The molecule has 110 valence electrons. The average Bonchev–Trinajstić information content (AvgIpc) is 3.30. The Morgan fingerprint density at radius 2 is 2.00 bits per heavy atom. The molecular weight excluding hydrogens is 276 g/mol. The predicted octanol–water partition coefficient (Wildman–Crippen LogP) is 3.80. The number of benzene rings is 1. The highest BCUT2D eigenvalue weighted by atomic mass is 16.3. The number of aromatic hydroxyl groups is 1. The third kappa shape index (κ3) is 2.53. The molecule has 1 aromatic carbocycles. The number of hydrogen-bond acceptors (Lipinski definition) is 4. The van der Waals surface area contributed by atoms with Crippen LogP contribution in [0.2, 0.25) is 0 Å². The number of rotatable bonds is 4. The summed E-state index contributed by atoms with van der Waals surface area (Å²) in [4.78, 5) is 11.9. The molecule has 0 unspecified atom stereocenters. The van der Waals surface area contributed by atoms with Gasteiger partial charge in [0.25, 0.3) is 0 Å². The summed E-state index contributed by atoms with van der Waals surface area (Å²) in [6.45, 7) is 0. The summed E-state index contributed by atoms with van der Waals surface area (Å²) in [5.41, 5.74) is 3.05. The molecule has 0 bridgehead atoms. The van der Waals surface area contributed by atoms with E-state index in [4.69, 9.17) is 0 Å². The molecule has 1 aliphatic carbocycles. The Labute approximate surface area is 128 Å². The van der Waals surface area contributed by atoms with Crippen molar-refractivity contribution in [1.29, 1.82) is 0 Å². The standard InChI is InChI=1S/C17H16N4O/c22-15-10-19-16(12-4-2-1-3-5-12)21-17(15)20-13-8-14(18-9-13)11-6-7-11/h1-5,8-11,18,22H,6-7H2,(H,19,20,21). The van der Waals surface area contributed by atoms with Gasteiger partial charge in [-0.15, -0.1) is 0 Å². The van der Waals surface area contributed by atoms with Gasteiger partial charge in [0, 0.05) is 17.5 Å². The van der Waals surface area contributed by atoms with Crippen molar-refractivity contribution in [3.63, 3.8) is 0 Å². The second-order valence-corrected chi connectivity index (χ2v) is 5.54. The van der Waals surface area contributed by atoms with E-state index in [-0.39, 0.29) is 5.75 Å². The van der Waals surface area contributed by atoms with E-state index in [0.717, 1.165) is 11.3 Å². The lowest BCUT2D eigenvalue weighted by molar-refractivity contribution is 0.473. The van der Waals surface area contributed by atoms with Gasteiger partial charge in [0.15, 0.2) is 17.4 Å². The third-order valence-electron chi connectivity index (χ3n) is 3.79. The first-order chi connectivity index (χ1) is 10.8. The molecule has 22 heavy (non-hydrogen) atoms. The number of aromatic amines is 1. The van der Waals surface area contributed by atoms with Gasteiger partial charge in [0.2, 0.25) is 0 Å². The number of nitrogens with one attached hydrogen (secondary N) is 2. The Hall–Kier alpha value is -2.82. The maximum absolute atomic E-state index is 9.97. The van der Waals surface area contributed by atoms with Gasteiger partial charge in [0.1, 0.15) is 0 Å². The van der Waals surface area contributed by atoms with E-state index >= 15 is 0 Å². The van der Waals surface area contributed by atoms with Gasteiger partial charge in [0.05, 0.1) is 11.9 Å². The molecule has 5 heteroatoms. The van der Waals surface area contributed by atoms with Gasteiger partial charge in [-0.05, 0) is 24.8 Å². The second-order valence-electron chi connectivity index (χ2n) is 5.54. The molecule has 0 atom stereocenters. The van der Waals surface area contributed by atoms with Crippen LogP contribution in [-0.4, -0.2) is 20.1 Å². The molecule has 0 aliphatic heterocycles. The lowest BCUT2D eigenvalue weighted by Gasteiger charge is -2.07. The van der Waals surface area contributed by atoms with Crippen LogP contribution >= 0.6 is 0 Å². The quantitative estimate of drug-likeness (QED) is 0.684. The lowest BCUT2D eigenvalue weighted by Crippen LogP contribution is -1.97. The zero-order valence-electron chi connectivity index (χ0n) is 12.0. The fourth-order valence-electron chi connectivity index (χ4n) is 2.44. The molecule has 0 saturated heterocycles. The van der Waals surface area contributed by atoms with Gasteiger partial charge in [-0.2, -0.15) is 0 Å². The smallest absolute Gasteiger partial charge is 0.177 e. The van der Waals surface area contributed by atoms with Gasteiger partial charge in [-0.3, -0.25) is 0 Å². The van der Waals surface area contributed by atoms with Gasteiger partial charge in [-0.1, -0.05) is 30.3 Å². The zero-order valence-corrected chi connectivity index (χ0v) is 12.0. The van der Waals surface area contributed by atoms with Crippen molar-refractivity contribution >= 4 is 11.5 Å². The van der Waals surface area contributed by atoms with Gasteiger partial charge < -0.3 is 15.4 Å². The lowest BCUT2D eigenvalue weighted by atomic mass is 10.2. The number of aromatic nitrogens is 3. The van der Waals surface area contributed by atoms with E-state index < -0.39 is 0 Å². The zero-order chi connectivity index (χ0) is 14.9. The summed E-state index contributed by atoms with van der Waals surface area (Å²) < 4.78 is 0. The van der Waals surface area contributed by atoms with Crippen molar-refractivity contribution in [3.8, 4) is 17.1 Å². The molecular formula is C17H16N4O. The average molecular weight is 292 g/mol. The SMILES string of the molecule is Oc1cnc(-c2ccccc2)nc1Nc1c[nH]c(C2CC2)c1. The summed E-state index contributed by atoms with van der Waals surface area (Å²) in [5.74, 6) is 1.69. The first-order valence-corrected chi connectivity index (χ1v) is 7.36. The minimum Gasteiger partial charge on any atom is -0.503 e. The first kappa shape index (κ1) is 12.9. The fourth-order valence-corrected chi connectivity index (χ4v) is 2.44. The Bertz CT molecular complexity index is 793. The molecule has 1 aliphatic rings. The largest absolute Gasteiger partial charge is 0.503 e. The molecule has 2 heterocycles. The highest BCUT2D eigenvalue weighted by Gasteiger charge is 2.24. The summed E-state index contributed by atoms with van der Waals surface area (Å²) in [6, 6.07) is 11.8. The van der Waals surface area contributed by atoms with Crippen LogP contribution in [0.25, 0.3) is 11.4 Å². The first-order valence-electron chi connectivity index (χ1n) is 7.36. The summed E-state index contributed by atoms with van der Waals surface area (Å²) >= 11 is 0. The summed E-state index contributed by atoms with van der Waals surface area (Å²) in [6.07, 6.45) is 5.82. The highest BCUT2D eigenvalue weighted by molar-refractivity contribution is 5.65. The number of H-pyrrole nitrogens is 1. The third-order valence-corrected chi connectivity index (χ3v) is 3.79. The monoisotopic (exact) mass is 292 g/mol. The van der Waals surface area contributed by atoms with Crippen LogP contribution in [-0.2, 0) is 0 Å². The molecule has 2 aromatic heterocycles. The highest BCUT2D eigenvalue weighted by Crippen LogP contribution is 2.40. The fraction of sp³-hybridized carbons (Fsp3) is 0.176. The molecule has 4 rings (SSSR count). The van der Waals surface area contributed by atoms with Crippen molar-refractivity contribution in [1.82, 2.24) is 15.0 Å². The van der Waals surface area contributed by atoms with Crippen LogP contribution in [0.3, 0.4) is 0 Å². The van der Waals surface area contributed by atoms with Crippen molar-refractivity contribution in [3.05, 3.63) is 54.5 Å². The minimum absolute atomic E-state index is 0.0360. The van der Waals surface area contributed by atoms with Crippen molar-refractivity contribution < 1.29 is 5.11 Å². The van der Waals surface area contributed by atoms with Gasteiger partial charge >= 0.3 is 0 Å². The Kier molecular flexibility index (Phi) is 3.04. The topological polar surface area (TPSA) is 73.8 Å². The number of nitrogens with zero attached hydrogens (tertiary/aromatic N) is 2. The van der Waals surface area contributed by atoms with Crippen molar-refractivity contribution in [2.75, 3.05) is 5.32 Å².